The molecule has 0 spiro atoms. The first-order valence-electron chi connectivity index (χ1n) is 20.0. The summed E-state index contributed by atoms with van der Waals surface area (Å²) in [5.74, 6) is -8.21. The van der Waals surface area contributed by atoms with Gasteiger partial charge in [0.1, 0.15) is 42.3 Å². The van der Waals surface area contributed by atoms with Crippen molar-refractivity contribution in [2.24, 2.45) is 34.0 Å². The Morgan fingerprint density at radius 1 is 0.750 bits per heavy atom. The number of aliphatic hydroxyl groups is 1. The van der Waals surface area contributed by atoms with Crippen LogP contribution in [-0.2, 0) is 44.8 Å². The number of nitrogens with one attached hydrogen (secondary N) is 5. The molecule has 21 heteroatoms. The second-order valence-electron chi connectivity index (χ2n) is 15.6. The number of nitrogens with two attached hydrogens (primary N) is 3. The van der Waals surface area contributed by atoms with Crippen molar-refractivity contribution in [1.82, 2.24) is 31.5 Å². The van der Waals surface area contributed by atoms with Gasteiger partial charge >= 0.3 is 11.9 Å². The first-order valence-corrected chi connectivity index (χ1v) is 20.0. The third-order valence-electron chi connectivity index (χ3n) is 9.52. The number of carboxylic acid groups (broad SMARTS) is 2. The van der Waals surface area contributed by atoms with Crippen LogP contribution in [0.3, 0.4) is 0 Å². The fraction of sp³-hybridized carbons (Fsp3) is 0.615. The molecule has 0 bridgehead atoms. The van der Waals surface area contributed by atoms with E-state index in [1.807, 2.05) is 13.8 Å². The second-order valence-corrected chi connectivity index (χ2v) is 15.6. The van der Waals surface area contributed by atoms with E-state index in [-0.39, 0.29) is 69.4 Å². The van der Waals surface area contributed by atoms with Gasteiger partial charge in [-0.1, -0.05) is 58.0 Å². The number of carboxylic acids is 2. The van der Waals surface area contributed by atoms with Crippen LogP contribution < -0.4 is 43.8 Å². The van der Waals surface area contributed by atoms with E-state index in [9.17, 15) is 53.7 Å². The molecule has 60 heavy (non-hydrogen) atoms. The lowest BCUT2D eigenvalue weighted by molar-refractivity contribution is -0.150. The molecule has 7 atom stereocenters. The zero-order valence-corrected chi connectivity index (χ0v) is 34.6. The molecule has 2 rings (SSSR count). The number of carbonyl (C=O) groups is 8. The van der Waals surface area contributed by atoms with E-state index in [1.54, 1.807) is 44.2 Å². The lowest BCUT2D eigenvalue weighted by Gasteiger charge is -2.29. The number of aliphatic carboxylic acids is 2. The van der Waals surface area contributed by atoms with Crippen molar-refractivity contribution in [1.29, 1.82) is 0 Å². The standard InChI is InChI=1S/C39H62N10O11/c1-21(2)16-26(46-35(56)27(17-22(3)4)47-36(57)28(45-32(53)24(40)20-50)18-23-10-6-5-7-11-23)34(55)44-25(12-8-14-43-39(41)42)33(54)48-29(19-31(51)52)37(58)49-15-9-13-30(49)38(59)60/h5-7,10-11,21-22,24-30,50H,8-9,12-20,40H2,1-4H3,(H,44,55)(H,45,53)(H,46,56)(H,47,57)(H,48,54)(H,51,52)(H,59,60)(H4,41,42,43)/t24-,25-,26-,27-,28-,29-,30-/m0/s1. The summed E-state index contributed by atoms with van der Waals surface area (Å²) in [6, 6.07) is -0.513. The Labute approximate surface area is 349 Å². The molecule has 0 radical (unpaired) electrons. The molecule has 14 N–H and O–H groups in total. The van der Waals surface area contributed by atoms with E-state index < -0.39 is 103 Å². The third kappa shape index (κ3) is 17.2. The van der Waals surface area contributed by atoms with Crippen molar-refractivity contribution in [3.63, 3.8) is 0 Å². The third-order valence-corrected chi connectivity index (χ3v) is 9.52. The summed E-state index contributed by atoms with van der Waals surface area (Å²) < 4.78 is 0. The van der Waals surface area contributed by atoms with E-state index >= 15 is 0 Å². The highest BCUT2D eigenvalue weighted by atomic mass is 16.4. The first-order chi connectivity index (χ1) is 28.2. The maximum atomic E-state index is 14.0. The molecule has 1 aliphatic heterocycles. The predicted octanol–water partition coefficient (Wildman–Crippen LogP) is -2.33. The number of hydrogen-bond acceptors (Lipinski definition) is 11. The molecule has 1 aliphatic rings. The van der Waals surface area contributed by atoms with Gasteiger partial charge in [0.05, 0.1) is 13.0 Å². The lowest BCUT2D eigenvalue weighted by atomic mass is 9.98. The van der Waals surface area contributed by atoms with Crippen LogP contribution in [-0.4, -0.2) is 136 Å². The minimum Gasteiger partial charge on any atom is -0.481 e. The van der Waals surface area contributed by atoms with Gasteiger partial charge in [0.25, 0.3) is 0 Å². The number of carbonyl (C=O) groups excluding carboxylic acids is 6. The van der Waals surface area contributed by atoms with E-state index in [2.05, 4.69) is 31.6 Å². The summed E-state index contributed by atoms with van der Waals surface area (Å²) in [5, 5.41) is 41.5. The van der Waals surface area contributed by atoms with Gasteiger partial charge < -0.3 is 64.0 Å². The fourth-order valence-electron chi connectivity index (χ4n) is 6.55. The Hall–Kier alpha value is -5.83. The van der Waals surface area contributed by atoms with Crippen molar-refractivity contribution >= 4 is 53.3 Å². The van der Waals surface area contributed by atoms with E-state index in [1.165, 1.54) is 0 Å². The SMILES string of the molecule is CC(C)C[C@H](NC(=O)[C@H](CC(C)C)NC(=O)[C@H](Cc1ccccc1)NC(=O)[C@@H](N)CO)C(=O)N[C@@H](CCCN=C(N)N)C(=O)N[C@@H](CC(=O)O)C(=O)N1CCC[C@H]1C(=O)O. The maximum Gasteiger partial charge on any atom is 0.326 e. The summed E-state index contributed by atoms with van der Waals surface area (Å²) >= 11 is 0. The van der Waals surface area contributed by atoms with Crippen LogP contribution in [0.4, 0.5) is 0 Å². The van der Waals surface area contributed by atoms with Crippen molar-refractivity contribution in [2.75, 3.05) is 19.7 Å². The molecule has 1 saturated heterocycles. The molecule has 0 saturated carbocycles. The lowest BCUT2D eigenvalue weighted by Crippen LogP contribution is -2.60. The molecular weight excluding hydrogens is 784 g/mol. The topological polar surface area (TPSA) is 351 Å². The van der Waals surface area contributed by atoms with Gasteiger partial charge in [-0.15, -0.1) is 0 Å². The van der Waals surface area contributed by atoms with Crippen LogP contribution in [0.5, 0.6) is 0 Å². The molecule has 21 nitrogen and oxygen atoms in total. The molecule has 6 amide bonds. The summed E-state index contributed by atoms with van der Waals surface area (Å²) in [4.78, 5) is 110. The van der Waals surface area contributed by atoms with Crippen LogP contribution in [0.15, 0.2) is 35.3 Å². The normalized spacial score (nSPS) is 16.7. The van der Waals surface area contributed by atoms with E-state index in [0.29, 0.717) is 12.0 Å². The molecular formula is C39H62N10O11. The van der Waals surface area contributed by atoms with E-state index in [4.69, 9.17) is 17.2 Å². The molecule has 1 aromatic rings. The van der Waals surface area contributed by atoms with Crippen molar-refractivity contribution in [3.8, 4) is 0 Å². The first kappa shape index (κ1) is 50.3. The Bertz CT molecular complexity index is 1670. The number of amides is 6. The monoisotopic (exact) mass is 846 g/mol. The highest BCUT2D eigenvalue weighted by Gasteiger charge is 2.40. The molecule has 1 fully saturated rings. The fourth-order valence-corrected chi connectivity index (χ4v) is 6.55. The molecule has 0 aliphatic carbocycles. The van der Waals surface area contributed by atoms with E-state index in [0.717, 1.165) is 4.90 Å². The molecule has 334 valence electrons. The van der Waals surface area contributed by atoms with Crippen LogP contribution in [0.2, 0.25) is 0 Å². The smallest absolute Gasteiger partial charge is 0.326 e. The van der Waals surface area contributed by atoms with Gasteiger partial charge in [-0.05, 0) is 55.9 Å². The highest BCUT2D eigenvalue weighted by molar-refractivity contribution is 5.98. The predicted molar refractivity (Wildman–Crippen MR) is 218 cm³/mol. The minimum atomic E-state index is -1.67. The van der Waals surface area contributed by atoms with Gasteiger partial charge in [-0.25, -0.2) is 4.79 Å². The number of rotatable bonds is 25. The Balaban J connectivity index is 2.39. The average Bonchev–Trinajstić information content (AvgIpc) is 3.67. The van der Waals surface area contributed by atoms with Crippen molar-refractivity contribution < 1.29 is 53.7 Å². The molecule has 0 aromatic heterocycles. The number of aliphatic hydroxyl groups excluding tert-OH is 1. The number of guanidine groups is 1. The summed E-state index contributed by atoms with van der Waals surface area (Å²) in [7, 11) is 0. The maximum absolute atomic E-state index is 14.0. The van der Waals surface area contributed by atoms with Gasteiger partial charge in [-0.3, -0.25) is 38.6 Å². The van der Waals surface area contributed by atoms with Gasteiger partial charge in [0.15, 0.2) is 5.96 Å². The van der Waals surface area contributed by atoms with Crippen LogP contribution in [0.1, 0.15) is 78.2 Å². The Morgan fingerprint density at radius 2 is 1.25 bits per heavy atom. The Kier molecular flexibility index (Phi) is 20.9. The van der Waals surface area contributed by atoms with Crippen LogP contribution in [0, 0.1) is 11.8 Å². The summed E-state index contributed by atoms with van der Waals surface area (Å²) in [5.41, 5.74) is 17.2. The number of nitrogens with zero attached hydrogens (tertiary/aromatic N) is 2. The van der Waals surface area contributed by atoms with Crippen LogP contribution >= 0.6 is 0 Å². The number of aliphatic imine (C=N–C) groups is 1. The zero-order valence-electron chi connectivity index (χ0n) is 34.6. The highest BCUT2D eigenvalue weighted by Crippen LogP contribution is 2.20. The van der Waals surface area contributed by atoms with Gasteiger partial charge in [0, 0.05) is 19.5 Å². The number of benzene rings is 1. The van der Waals surface area contributed by atoms with Crippen LogP contribution in [0.25, 0.3) is 0 Å². The average molecular weight is 847 g/mol. The zero-order chi connectivity index (χ0) is 45.1. The minimum absolute atomic E-state index is 0.0225. The van der Waals surface area contributed by atoms with Gasteiger partial charge in [-0.2, -0.15) is 0 Å². The quantitative estimate of drug-likeness (QED) is 0.0280. The summed E-state index contributed by atoms with van der Waals surface area (Å²) in [6.07, 6.45) is -0.136. The molecule has 0 unspecified atom stereocenters. The molecule has 1 aromatic carbocycles. The van der Waals surface area contributed by atoms with Crippen molar-refractivity contribution in [3.05, 3.63) is 35.9 Å². The van der Waals surface area contributed by atoms with Gasteiger partial charge in [0.2, 0.25) is 35.4 Å². The molecule has 1 heterocycles. The Morgan fingerprint density at radius 3 is 1.75 bits per heavy atom. The number of hydrogen-bond donors (Lipinski definition) is 11. The second kappa shape index (κ2) is 24.9. The largest absolute Gasteiger partial charge is 0.481 e. The van der Waals surface area contributed by atoms with Crippen molar-refractivity contribution in [2.45, 2.75) is 121 Å². The summed E-state index contributed by atoms with van der Waals surface area (Å²) in [6.45, 7) is 6.61. The number of likely N-dealkylation sites (tertiary alicyclic amines) is 1.